The zero-order valence-electron chi connectivity index (χ0n) is 22.4. The van der Waals surface area contributed by atoms with Gasteiger partial charge in [-0.2, -0.15) is 0 Å². The minimum atomic E-state index is -0.930. The first-order valence-corrected chi connectivity index (χ1v) is 12.4. The van der Waals surface area contributed by atoms with Crippen molar-refractivity contribution in [2.45, 2.75) is 39.2 Å². The lowest BCUT2D eigenvalue weighted by molar-refractivity contribution is -0.138. The van der Waals surface area contributed by atoms with Crippen LogP contribution < -0.4 is 9.64 Å². The molecule has 3 aromatic rings. The molecule has 0 aliphatic rings. The third-order valence-corrected chi connectivity index (χ3v) is 6.52. The van der Waals surface area contributed by atoms with Gasteiger partial charge in [0.2, 0.25) is 5.91 Å². The molecule has 8 nitrogen and oxygen atoms in total. The second-order valence-corrected chi connectivity index (χ2v) is 9.27. The van der Waals surface area contributed by atoms with Crippen molar-refractivity contribution in [2.24, 2.45) is 0 Å². The number of aliphatic carboxylic acids is 1. The molecular formula is C30H34N2O6. The molecular weight excluding hydrogens is 484 g/mol. The first-order valence-electron chi connectivity index (χ1n) is 12.4. The SMILES string of the molecule is COC(=O)N(Cc1cc(N(C)C(C)=O)ccc1Oc1cccc(C(C)C(=O)O)c1)C[C@@H](C)c1ccccc1. The van der Waals surface area contributed by atoms with Crippen LogP contribution in [-0.4, -0.2) is 48.7 Å². The number of ether oxygens (including phenoxy) is 2. The summed E-state index contributed by atoms with van der Waals surface area (Å²) in [4.78, 5) is 39.4. The van der Waals surface area contributed by atoms with Gasteiger partial charge < -0.3 is 24.4 Å². The number of nitrogens with zero attached hydrogens (tertiary/aromatic N) is 2. The number of benzene rings is 3. The standard InChI is InChI=1S/C30H34N2O6/c1-20(23-10-7-6-8-11-23)18-32(30(36)37-5)19-25-16-26(31(4)22(3)33)14-15-28(25)38-27-13-9-12-24(17-27)21(2)29(34)35/h6-17,20-21H,18-19H2,1-5H3,(H,34,35)/t20-,21?/m1/s1. The molecule has 1 N–H and O–H groups in total. The number of methoxy groups -OCH3 is 1. The number of carboxylic acids is 1. The number of anilines is 1. The van der Waals surface area contributed by atoms with Crippen LogP contribution in [0.2, 0.25) is 0 Å². The van der Waals surface area contributed by atoms with Crippen molar-refractivity contribution < 1.29 is 29.0 Å². The van der Waals surface area contributed by atoms with E-state index in [1.807, 2.05) is 43.3 Å². The van der Waals surface area contributed by atoms with E-state index >= 15 is 0 Å². The Labute approximate surface area is 223 Å². The molecule has 0 fully saturated rings. The number of carbonyl (C=O) groups excluding carboxylic acids is 2. The monoisotopic (exact) mass is 518 g/mol. The highest BCUT2D eigenvalue weighted by Crippen LogP contribution is 2.32. The number of hydrogen-bond donors (Lipinski definition) is 1. The van der Waals surface area contributed by atoms with Crippen LogP contribution in [0.4, 0.5) is 10.5 Å². The summed E-state index contributed by atoms with van der Waals surface area (Å²) < 4.78 is 11.3. The Bertz CT molecular complexity index is 1280. The first-order chi connectivity index (χ1) is 18.1. The van der Waals surface area contributed by atoms with Crippen LogP contribution in [0.15, 0.2) is 72.8 Å². The van der Waals surface area contributed by atoms with Gasteiger partial charge in [0.15, 0.2) is 0 Å². The Hall–Kier alpha value is -4.33. The van der Waals surface area contributed by atoms with Crippen molar-refractivity contribution in [3.8, 4) is 11.5 Å². The smallest absolute Gasteiger partial charge is 0.409 e. The number of rotatable bonds is 10. The summed E-state index contributed by atoms with van der Waals surface area (Å²) in [5, 5.41) is 9.39. The lowest BCUT2D eigenvalue weighted by Crippen LogP contribution is -2.34. The highest BCUT2D eigenvalue weighted by atomic mass is 16.5. The summed E-state index contributed by atoms with van der Waals surface area (Å²) in [7, 11) is 3.02. The molecule has 2 atom stereocenters. The second kappa shape index (κ2) is 12.8. The third-order valence-electron chi connectivity index (χ3n) is 6.52. The van der Waals surface area contributed by atoms with Gasteiger partial charge in [-0.25, -0.2) is 4.79 Å². The van der Waals surface area contributed by atoms with Gasteiger partial charge in [-0.1, -0.05) is 49.4 Å². The molecule has 0 spiro atoms. The fourth-order valence-corrected chi connectivity index (χ4v) is 4.05. The van der Waals surface area contributed by atoms with Gasteiger partial charge in [0.25, 0.3) is 0 Å². The summed E-state index contributed by atoms with van der Waals surface area (Å²) >= 11 is 0. The Balaban J connectivity index is 1.97. The van der Waals surface area contributed by atoms with Gasteiger partial charge in [0.05, 0.1) is 19.6 Å². The van der Waals surface area contributed by atoms with Crippen molar-refractivity contribution >= 4 is 23.7 Å². The van der Waals surface area contributed by atoms with Crippen molar-refractivity contribution in [3.05, 3.63) is 89.5 Å². The zero-order valence-corrected chi connectivity index (χ0v) is 22.4. The molecule has 0 saturated carbocycles. The maximum atomic E-state index is 12.8. The quantitative estimate of drug-likeness (QED) is 0.352. The molecule has 0 saturated heterocycles. The van der Waals surface area contributed by atoms with Gasteiger partial charge in [-0.15, -0.1) is 0 Å². The van der Waals surface area contributed by atoms with Gasteiger partial charge in [-0.3, -0.25) is 9.59 Å². The maximum absolute atomic E-state index is 12.8. The van der Waals surface area contributed by atoms with E-state index in [-0.39, 0.29) is 18.4 Å². The second-order valence-electron chi connectivity index (χ2n) is 9.27. The number of carbonyl (C=O) groups is 3. The summed E-state index contributed by atoms with van der Waals surface area (Å²) in [6.45, 7) is 5.69. The van der Waals surface area contributed by atoms with Crippen LogP contribution in [0.1, 0.15) is 49.3 Å². The van der Waals surface area contributed by atoms with Crippen molar-refractivity contribution in [1.29, 1.82) is 0 Å². The topological polar surface area (TPSA) is 96.4 Å². The minimum Gasteiger partial charge on any atom is -0.481 e. The number of carboxylic acid groups (broad SMARTS) is 1. The van der Waals surface area contributed by atoms with E-state index in [9.17, 15) is 19.5 Å². The van der Waals surface area contributed by atoms with E-state index in [0.717, 1.165) is 5.56 Å². The molecule has 200 valence electrons. The molecule has 3 aromatic carbocycles. The summed E-state index contributed by atoms with van der Waals surface area (Å²) in [5.74, 6) is -0.780. The molecule has 0 heterocycles. The molecule has 3 rings (SSSR count). The highest BCUT2D eigenvalue weighted by Gasteiger charge is 2.22. The fourth-order valence-electron chi connectivity index (χ4n) is 4.05. The van der Waals surface area contributed by atoms with Gasteiger partial charge in [0.1, 0.15) is 11.5 Å². The zero-order chi connectivity index (χ0) is 27.8. The van der Waals surface area contributed by atoms with Crippen molar-refractivity contribution in [3.63, 3.8) is 0 Å². The van der Waals surface area contributed by atoms with Crippen LogP contribution in [0.5, 0.6) is 11.5 Å². The number of amides is 2. The fraction of sp³-hybridized carbons (Fsp3) is 0.300. The summed E-state index contributed by atoms with van der Waals surface area (Å²) in [6, 6.07) is 22.1. The largest absolute Gasteiger partial charge is 0.481 e. The van der Waals surface area contributed by atoms with Crippen molar-refractivity contribution in [2.75, 3.05) is 25.6 Å². The molecule has 38 heavy (non-hydrogen) atoms. The molecule has 0 bridgehead atoms. The number of hydrogen-bond acceptors (Lipinski definition) is 5. The Morgan fingerprint density at radius 3 is 2.24 bits per heavy atom. The molecule has 2 amide bonds. The van der Waals surface area contributed by atoms with Crippen LogP contribution in [0.25, 0.3) is 0 Å². The Morgan fingerprint density at radius 2 is 1.61 bits per heavy atom. The van der Waals surface area contributed by atoms with E-state index in [1.165, 1.54) is 18.9 Å². The highest BCUT2D eigenvalue weighted by molar-refractivity contribution is 5.91. The van der Waals surface area contributed by atoms with Crippen LogP contribution in [0.3, 0.4) is 0 Å². The summed E-state index contributed by atoms with van der Waals surface area (Å²) in [6.07, 6.45) is -0.485. The molecule has 0 aliphatic heterocycles. The maximum Gasteiger partial charge on any atom is 0.409 e. The minimum absolute atomic E-state index is 0.0388. The molecule has 1 unspecified atom stereocenters. The van der Waals surface area contributed by atoms with E-state index in [4.69, 9.17) is 9.47 Å². The first kappa shape index (κ1) is 28.2. The summed E-state index contributed by atoms with van der Waals surface area (Å²) in [5.41, 5.74) is 3.01. The molecule has 0 aromatic heterocycles. The van der Waals surface area contributed by atoms with Crippen LogP contribution >= 0.6 is 0 Å². The molecule has 0 radical (unpaired) electrons. The van der Waals surface area contributed by atoms with Gasteiger partial charge >= 0.3 is 12.1 Å². The lowest BCUT2D eigenvalue weighted by atomic mass is 10.0. The average molecular weight is 519 g/mol. The van der Waals surface area contributed by atoms with Gasteiger partial charge in [-0.05, 0) is 54.3 Å². The lowest BCUT2D eigenvalue weighted by Gasteiger charge is -2.27. The van der Waals surface area contributed by atoms with Crippen LogP contribution in [0, 0.1) is 0 Å². The van der Waals surface area contributed by atoms with E-state index in [1.54, 1.807) is 55.3 Å². The third kappa shape index (κ3) is 7.12. The normalized spacial score (nSPS) is 12.2. The van der Waals surface area contributed by atoms with Gasteiger partial charge in [0, 0.05) is 31.8 Å². The van der Waals surface area contributed by atoms with Crippen molar-refractivity contribution in [1.82, 2.24) is 4.90 Å². The van der Waals surface area contributed by atoms with E-state index in [2.05, 4.69) is 0 Å². The predicted octanol–water partition coefficient (Wildman–Crippen LogP) is 6.02. The Kier molecular flexibility index (Phi) is 9.49. The average Bonchev–Trinajstić information content (AvgIpc) is 2.92. The van der Waals surface area contributed by atoms with E-state index < -0.39 is 18.0 Å². The molecule has 0 aliphatic carbocycles. The van der Waals surface area contributed by atoms with E-state index in [0.29, 0.717) is 34.9 Å². The Morgan fingerprint density at radius 1 is 0.921 bits per heavy atom. The predicted molar refractivity (Wildman–Crippen MR) is 146 cm³/mol. The van der Waals surface area contributed by atoms with Crippen LogP contribution in [-0.2, 0) is 20.9 Å². The molecule has 8 heteroatoms.